The van der Waals surface area contributed by atoms with Crippen molar-refractivity contribution in [3.63, 3.8) is 0 Å². The summed E-state index contributed by atoms with van der Waals surface area (Å²) < 4.78 is 5.23. The lowest BCUT2D eigenvalue weighted by molar-refractivity contribution is -0.119. The van der Waals surface area contributed by atoms with Gasteiger partial charge in [-0.05, 0) is 24.1 Å². The molecule has 0 saturated carbocycles. The zero-order chi connectivity index (χ0) is 14.4. The lowest BCUT2D eigenvalue weighted by Gasteiger charge is -2.14. The molecule has 0 aliphatic heterocycles. The minimum Gasteiger partial charge on any atom is -0.495 e. The highest BCUT2D eigenvalue weighted by Crippen LogP contribution is 2.24. The number of hydrogen-bond acceptors (Lipinski definition) is 2. The molecule has 1 unspecified atom stereocenters. The van der Waals surface area contributed by atoms with Gasteiger partial charge in [-0.25, -0.2) is 0 Å². The van der Waals surface area contributed by atoms with E-state index in [4.69, 9.17) is 4.74 Å². The number of carbonyl (C=O) groups excluding carboxylic acids is 1. The number of methoxy groups -OCH3 is 1. The summed E-state index contributed by atoms with van der Waals surface area (Å²) >= 11 is 0. The average molecular weight is 269 g/mol. The van der Waals surface area contributed by atoms with Gasteiger partial charge in [-0.1, -0.05) is 49.4 Å². The van der Waals surface area contributed by atoms with E-state index in [1.165, 1.54) is 0 Å². The zero-order valence-electron chi connectivity index (χ0n) is 11.8. The fourth-order valence-electron chi connectivity index (χ4n) is 2.06. The van der Waals surface area contributed by atoms with E-state index in [0.717, 1.165) is 12.0 Å². The maximum atomic E-state index is 12.2. The zero-order valence-corrected chi connectivity index (χ0v) is 11.8. The summed E-state index contributed by atoms with van der Waals surface area (Å²) in [7, 11) is 1.60. The number of nitrogens with one attached hydrogen (secondary N) is 1. The second-order valence-electron chi connectivity index (χ2n) is 4.78. The Morgan fingerprint density at radius 2 is 1.75 bits per heavy atom. The van der Waals surface area contributed by atoms with Gasteiger partial charge >= 0.3 is 0 Å². The number of carbonyl (C=O) groups is 1. The number of benzene rings is 2. The van der Waals surface area contributed by atoms with Gasteiger partial charge in [0.2, 0.25) is 5.91 Å². The molecular formula is C17H19NO2. The number of anilines is 1. The Bertz CT molecular complexity index is 566. The standard InChI is InChI=1S/C17H19NO2/c1-13(12-14-8-4-3-5-9-14)17(19)18-15-10-6-7-11-16(15)20-2/h3-11,13H,12H2,1-2H3,(H,18,19). The monoisotopic (exact) mass is 269 g/mol. The third-order valence-corrected chi connectivity index (χ3v) is 3.20. The molecule has 3 nitrogen and oxygen atoms in total. The van der Waals surface area contributed by atoms with E-state index in [1.54, 1.807) is 7.11 Å². The van der Waals surface area contributed by atoms with Crippen LogP contribution in [-0.2, 0) is 11.2 Å². The molecule has 2 rings (SSSR count). The highest BCUT2D eigenvalue weighted by molar-refractivity contribution is 5.93. The number of hydrogen-bond donors (Lipinski definition) is 1. The van der Waals surface area contributed by atoms with Crippen molar-refractivity contribution in [2.75, 3.05) is 12.4 Å². The normalized spacial score (nSPS) is 11.7. The van der Waals surface area contributed by atoms with Crippen LogP contribution in [0.5, 0.6) is 5.75 Å². The second-order valence-corrected chi connectivity index (χ2v) is 4.78. The summed E-state index contributed by atoms with van der Waals surface area (Å²) in [6.45, 7) is 1.93. The predicted octanol–water partition coefficient (Wildman–Crippen LogP) is 3.51. The Morgan fingerprint density at radius 3 is 2.45 bits per heavy atom. The van der Waals surface area contributed by atoms with Crippen molar-refractivity contribution in [3.8, 4) is 5.75 Å². The Hall–Kier alpha value is -2.29. The first kappa shape index (κ1) is 14.1. The molecule has 0 aliphatic carbocycles. The lowest BCUT2D eigenvalue weighted by atomic mass is 10.0. The van der Waals surface area contributed by atoms with Crippen molar-refractivity contribution in [2.24, 2.45) is 5.92 Å². The van der Waals surface area contributed by atoms with Crippen LogP contribution in [0.15, 0.2) is 54.6 Å². The smallest absolute Gasteiger partial charge is 0.227 e. The van der Waals surface area contributed by atoms with E-state index in [1.807, 2.05) is 61.5 Å². The van der Waals surface area contributed by atoms with Crippen molar-refractivity contribution in [3.05, 3.63) is 60.2 Å². The van der Waals surface area contributed by atoms with E-state index in [0.29, 0.717) is 11.4 Å². The third kappa shape index (κ3) is 3.60. The average Bonchev–Trinajstić information content (AvgIpc) is 2.48. The maximum absolute atomic E-state index is 12.2. The number of rotatable bonds is 5. The molecular weight excluding hydrogens is 250 g/mol. The van der Waals surface area contributed by atoms with Crippen molar-refractivity contribution >= 4 is 11.6 Å². The second kappa shape index (κ2) is 6.75. The van der Waals surface area contributed by atoms with Gasteiger partial charge in [0.25, 0.3) is 0 Å². The fraction of sp³-hybridized carbons (Fsp3) is 0.235. The molecule has 1 N–H and O–H groups in total. The molecule has 1 atom stereocenters. The van der Waals surface area contributed by atoms with Gasteiger partial charge in [0.15, 0.2) is 0 Å². The van der Waals surface area contributed by atoms with Gasteiger partial charge in [0.05, 0.1) is 12.8 Å². The first-order valence-corrected chi connectivity index (χ1v) is 6.68. The highest BCUT2D eigenvalue weighted by atomic mass is 16.5. The molecule has 0 fully saturated rings. The molecule has 1 amide bonds. The first-order valence-electron chi connectivity index (χ1n) is 6.68. The molecule has 0 radical (unpaired) electrons. The van der Waals surface area contributed by atoms with Gasteiger partial charge in [-0.2, -0.15) is 0 Å². The van der Waals surface area contributed by atoms with Crippen molar-refractivity contribution in [1.82, 2.24) is 0 Å². The topological polar surface area (TPSA) is 38.3 Å². The lowest BCUT2D eigenvalue weighted by Crippen LogP contribution is -2.22. The van der Waals surface area contributed by atoms with E-state index < -0.39 is 0 Å². The summed E-state index contributed by atoms with van der Waals surface area (Å²) in [5, 5.41) is 2.92. The molecule has 0 aromatic heterocycles. The molecule has 0 saturated heterocycles. The van der Waals surface area contributed by atoms with Gasteiger partial charge in [-0.15, -0.1) is 0 Å². The van der Waals surface area contributed by atoms with Gasteiger partial charge in [0.1, 0.15) is 5.75 Å². The fourth-order valence-corrected chi connectivity index (χ4v) is 2.06. The Morgan fingerprint density at radius 1 is 1.10 bits per heavy atom. The van der Waals surface area contributed by atoms with Crippen LogP contribution in [0.3, 0.4) is 0 Å². The molecule has 0 heterocycles. The van der Waals surface area contributed by atoms with Crippen molar-refractivity contribution < 1.29 is 9.53 Å². The number of amides is 1. The summed E-state index contributed by atoms with van der Waals surface area (Å²) in [6, 6.07) is 17.4. The molecule has 0 aliphatic rings. The first-order chi connectivity index (χ1) is 9.70. The van der Waals surface area contributed by atoms with E-state index >= 15 is 0 Å². The van der Waals surface area contributed by atoms with Crippen LogP contribution in [-0.4, -0.2) is 13.0 Å². The minimum absolute atomic E-state index is 0.00152. The third-order valence-electron chi connectivity index (χ3n) is 3.20. The van der Waals surface area contributed by atoms with Gasteiger partial charge < -0.3 is 10.1 Å². The molecule has 2 aromatic carbocycles. The Labute approximate surface area is 119 Å². The molecule has 2 aromatic rings. The van der Waals surface area contributed by atoms with Crippen LogP contribution in [0, 0.1) is 5.92 Å². The maximum Gasteiger partial charge on any atom is 0.227 e. The summed E-state index contributed by atoms with van der Waals surface area (Å²) in [6.07, 6.45) is 0.724. The molecule has 0 spiro atoms. The van der Waals surface area contributed by atoms with Crippen LogP contribution >= 0.6 is 0 Å². The molecule has 0 bridgehead atoms. The number of ether oxygens (including phenoxy) is 1. The quantitative estimate of drug-likeness (QED) is 0.902. The van der Waals surface area contributed by atoms with Crippen LogP contribution in [0.4, 0.5) is 5.69 Å². The minimum atomic E-state index is -0.0951. The predicted molar refractivity (Wildman–Crippen MR) is 80.9 cm³/mol. The Balaban J connectivity index is 2.01. The summed E-state index contributed by atoms with van der Waals surface area (Å²) in [5.41, 5.74) is 1.87. The van der Waals surface area contributed by atoms with Crippen LogP contribution < -0.4 is 10.1 Å². The van der Waals surface area contributed by atoms with Gasteiger partial charge in [-0.3, -0.25) is 4.79 Å². The number of para-hydroxylation sites is 2. The van der Waals surface area contributed by atoms with Crippen LogP contribution in [0.1, 0.15) is 12.5 Å². The Kier molecular flexibility index (Phi) is 4.77. The SMILES string of the molecule is COc1ccccc1NC(=O)C(C)Cc1ccccc1. The van der Waals surface area contributed by atoms with E-state index in [2.05, 4.69) is 5.32 Å². The summed E-state index contributed by atoms with van der Waals surface area (Å²) in [5.74, 6) is 0.577. The molecule has 20 heavy (non-hydrogen) atoms. The van der Waals surface area contributed by atoms with E-state index in [9.17, 15) is 4.79 Å². The van der Waals surface area contributed by atoms with Crippen molar-refractivity contribution in [1.29, 1.82) is 0 Å². The van der Waals surface area contributed by atoms with E-state index in [-0.39, 0.29) is 11.8 Å². The van der Waals surface area contributed by atoms with Crippen LogP contribution in [0.25, 0.3) is 0 Å². The molecule has 104 valence electrons. The largest absolute Gasteiger partial charge is 0.495 e. The van der Waals surface area contributed by atoms with Crippen molar-refractivity contribution in [2.45, 2.75) is 13.3 Å². The van der Waals surface area contributed by atoms with Crippen LogP contribution in [0.2, 0.25) is 0 Å². The highest BCUT2D eigenvalue weighted by Gasteiger charge is 2.15. The summed E-state index contributed by atoms with van der Waals surface area (Å²) in [4.78, 5) is 12.2. The van der Waals surface area contributed by atoms with Gasteiger partial charge in [0, 0.05) is 5.92 Å². The molecule has 3 heteroatoms.